The molecule has 1 rings (SSSR count). The number of methoxy groups -OCH3 is 1. The van der Waals surface area contributed by atoms with Gasteiger partial charge in [0.25, 0.3) is 5.91 Å². The van der Waals surface area contributed by atoms with Gasteiger partial charge in [-0.3, -0.25) is 4.79 Å². The highest BCUT2D eigenvalue weighted by Crippen LogP contribution is 2.12. The highest BCUT2D eigenvalue weighted by Gasteiger charge is 2.19. The van der Waals surface area contributed by atoms with Gasteiger partial charge in [0.1, 0.15) is 0 Å². The average molecular weight is 358 g/mol. The summed E-state index contributed by atoms with van der Waals surface area (Å²) in [7, 11) is -2.07. The Kier molecular flexibility index (Phi) is 7.83. The molecule has 0 saturated carbocycles. The maximum atomic E-state index is 12.0. The van der Waals surface area contributed by atoms with Crippen LogP contribution in [0.2, 0.25) is 0 Å². The Labute approximate surface area is 141 Å². The van der Waals surface area contributed by atoms with Crippen LogP contribution in [0.3, 0.4) is 0 Å². The smallest absolute Gasteiger partial charge is 0.338 e. The molecule has 24 heavy (non-hydrogen) atoms. The molecule has 1 aromatic carbocycles. The number of hydrogen-bond donors (Lipinski definition) is 2. The lowest BCUT2D eigenvalue weighted by molar-refractivity contribution is -0.129. The van der Waals surface area contributed by atoms with Crippen molar-refractivity contribution >= 4 is 21.9 Å². The Morgan fingerprint density at radius 2 is 1.83 bits per heavy atom. The lowest BCUT2D eigenvalue weighted by Crippen LogP contribution is -2.37. The second-order valence-electron chi connectivity index (χ2n) is 4.86. The van der Waals surface area contributed by atoms with Crippen LogP contribution in [0.25, 0.3) is 0 Å². The minimum absolute atomic E-state index is 0.0475. The summed E-state index contributed by atoms with van der Waals surface area (Å²) in [4.78, 5) is 23.7. The number of carbonyl (C=O) groups excluding carboxylic acids is 2. The molecule has 0 saturated heterocycles. The van der Waals surface area contributed by atoms with E-state index in [1.165, 1.54) is 38.3 Å². The zero-order valence-corrected chi connectivity index (χ0v) is 14.7. The summed E-state index contributed by atoms with van der Waals surface area (Å²) < 4.78 is 35.8. The summed E-state index contributed by atoms with van der Waals surface area (Å²) in [5.74, 6) is -1.15. The van der Waals surface area contributed by atoms with E-state index in [9.17, 15) is 18.0 Å². The van der Waals surface area contributed by atoms with Crippen molar-refractivity contribution in [3.05, 3.63) is 29.8 Å². The summed E-state index contributed by atoms with van der Waals surface area (Å²) in [5.41, 5.74) is 0.155. The van der Waals surface area contributed by atoms with Gasteiger partial charge in [-0.2, -0.15) is 0 Å². The molecule has 0 aliphatic heterocycles. The molecule has 1 amide bonds. The van der Waals surface area contributed by atoms with Crippen LogP contribution < -0.4 is 10.0 Å². The number of ether oxygens (including phenoxy) is 2. The van der Waals surface area contributed by atoms with Crippen molar-refractivity contribution in [2.75, 3.05) is 26.8 Å². The van der Waals surface area contributed by atoms with Crippen LogP contribution in [0.1, 0.15) is 24.2 Å². The molecule has 0 unspecified atom stereocenters. The van der Waals surface area contributed by atoms with Crippen molar-refractivity contribution in [3.8, 4) is 0 Å². The van der Waals surface area contributed by atoms with E-state index in [1.54, 1.807) is 6.92 Å². The fourth-order valence-electron chi connectivity index (χ4n) is 1.75. The standard InChI is InChI=1S/C15H22N2O6S/c1-4-17-24(20,21)13-7-5-12(6-8-13)15(19)23-11(2)14(18)16-9-10-22-3/h5-8,11,17H,4,9-10H2,1-3H3,(H,16,18)/t11-/m1/s1. The maximum Gasteiger partial charge on any atom is 0.338 e. The number of hydrogen-bond acceptors (Lipinski definition) is 6. The number of carbonyl (C=O) groups is 2. The summed E-state index contributed by atoms with van der Waals surface area (Å²) >= 11 is 0. The molecule has 0 bridgehead atoms. The first-order chi connectivity index (χ1) is 11.3. The molecule has 0 aromatic heterocycles. The Hall–Kier alpha value is -1.97. The molecule has 2 N–H and O–H groups in total. The van der Waals surface area contributed by atoms with E-state index in [4.69, 9.17) is 9.47 Å². The van der Waals surface area contributed by atoms with Gasteiger partial charge in [-0.25, -0.2) is 17.9 Å². The predicted octanol–water partition coefficient (Wildman–Crippen LogP) is 0.293. The van der Waals surface area contributed by atoms with Crippen LogP contribution >= 0.6 is 0 Å². The first-order valence-electron chi connectivity index (χ1n) is 7.39. The molecule has 0 heterocycles. The van der Waals surface area contributed by atoms with Crippen LogP contribution in [0, 0.1) is 0 Å². The Balaban J connectivity index is 2.67. The van der Waals surface area contributed by atoms with Crippen LogP contribution in [-0.2, 0) is 24.3 Å². The van der Waals surface area contributed by atoms with Crippen molar-refractivity contribution in [2.24, 2.45) is 0 Å². The van der Waals surface area contributed by atoms with E-state index in [-0.39, 0.29) is 17.0 Å². The predicted molar refractivity (Wildman–Crippen MR) is 87.1 cm³/mol. The zero-order chi connectivity index (χ0) is 18.2. The summed E-state index contributed by atoms with van der Waals surface area (Å²) in [6.45, 7) is 4.05. The normalized spacial score (nSPS) is 12.5. The van der Waals surface area contributed by atoms with Crippen LogP contribution in [-0.4, -0.2) is 53.2 Å². The minimum Gasteiger partial charge on any atom is -0.449 e. The number of sulfonamides is 1. The van der Waals surface area contributed by atoms with Crippen molar-refractivity contribution < 1.29 is 27.5 Å². The van der Waals surface area contributed by atoms with Crippen molar-refractivity contribution in [3.63, 3.8) is 0 Å². The van der Waals surface area contributed by atoms with E-state index < -0.39 is 28.0 Å². The van der Waals surface area contributed by atoms with E-state index >= 15 is 0 Å². The summed E-state index contributed by atoms with van der Waals surface area (Å²) in [6.07, 6.45) is -0.973. The Morgan fingerprint density at radius 1 is 1.21 bits per heavy atom. The van der Waals surface area contributed by atoms with E-state index in [1.807, 2.05) is 0 Å². The van der Waals surface area contributed by atoms with Crippen molar-refractivity contribution in [2.45, 2.75) is 24.8 Å². The van der Waals surface area contributed by atoms with Crippen molar-refractivity contribution in [1.29, 1.82) is 0 Å². The van der Waals surface area contributed by atoms with Gasteiger partial charge >= 0.3 is 5.97 Å². The third kappa shape index (κ3) is 5.91. The molecule has 134 valence electrons. The number of rotatable bonds is 9. The van der Waals surface area contributed by atoms with E-state index in [0.29, 0.717) is 13.2 Å². The molecule has 0 fully saturated rings. The van der Waals surface area contributed by atoms with Gasteiger partial charge in [0.15, 0.2) is 6.10 Å². The SMILES string of the molecule is CCNS(=O)(=O)c1ccc(C(=O)O[C@H](C)C(=O)NCCOC)cc1. The number of amides is 1. The molecule has 0 radical (unpaired) electrons. The molecule has 9 heteroatoms. The molecule has 1 aromatic rings. The molecular formula is C15H22N2O6S. The van der Waals surface area contributed by atoms with Gasteiger partial charge in [0.05, 0.1) is 17.1 Å². The average Bonchev–Trinajstić information content (AvgIpc) is 2.55. The number of esters is 1. The zero-order valence-electron chi connectivity index (χ0n) is 13.9. The fourth-order valence-corrected chi connectivity index (χ4v) is 2.79. The van der Waals surface area contributed by atoms with Gasteiger partial charge in [-0.05, 0) is 31.2 Å². The lowest BCUT2D eigenvalue weighted by atomic mass is 10.2. The van der Waals surface area contributed by atoms with Gasteiger partial charge in [-0.15, -0.1) is 0 Å². The largest absolute Gasteiger partial charge is 0.449 e. The van der Waals surface area contributed by atoms with Gasteiger partial charge in [0.2, 0.25) is 10.0 Å². The van der Waals surface area contributed by atoms with Crippen LogP contribution in [0.5, 0.6) is 0 Å². The number of nitrogens with one attached hydrogen (secondary N) is 2. The van der Waals surface area contributed by atoms with Crippen LogP contribution in [0.15, 0.2) is 29.2 Å². The fraction of sp³-hybridized carbons (Fsp3) is 0.467. The minimum atomic E-state index is -3.58. The van der Waals surface area contributed by atoms with Crippen LogP contribution in [0.4, 0.5) is 0 Å². The van der Waals surface area contributed by atoms with E-state index in [0.717, 1.165) is 0 Å². The quantitative estimate of drug-likeness (QED) is 0.485. The molecule has 0 aliphatic rings. The topological polar surface area (TPSA) is 111 Å². The monoisotopic (exact) mass is 358 g/mol. The Bertz CT molecular complexity index is 657. The highest BCUT2D eigenvalue weighted by molar-refractivity contribution is 7.89. The van der Waals surface area contributed by atoms with E-state index in [2.05, 4.69) is 10.0 Å². The second kappa shape index (κ2) is 9.36. The Morgan fingerprint density at radius 3 is 2.38 bits per heavy atom. The van der Waals surface area contributed by atoms with Gasteiger partial charge in [-0.1, -0.05) is 6.92 Å². The maximum absolute atomic E-state index is 12.0. The first-order valence-corrected chi connectivity index (χ1v) is 8.87. The lowest BCUT2D eigenvalue weighted by Gasteiger charge is -2.13. The molecular weight excluding hydrogens is 336 g/mol. The van der Waals surface area contributed by atoms with Gasteiger partial charge < -0.3 is 14.8 Å². The van der Waals surface area contributed by atoms with Gasteiger partial charge in [0, 0.05) is 20.2 Å². The molecule has 0 spiro atoms. The summed E-state index contributed by atoms with van der Waals surface area (Å²) in [6, 6.07) is 5.28. The van der Waals surface area contributed by atoms with Crippen molar-refractivity contribution in [1.82, 2.24) is 10.0 Å². The highest BCUT2D eigenvalue weighted by atomic mass is 32.2. The molecule has 1 atom stereocenters. The summed E-state index contributed by atoms with van der Waals surface area (Å²) in [5, 5.41) is 2.55. The third-order valence-corrected chi connectivity index (χ3v) is 4.55. The third-order valence-electron chi connectivity index (χ3n) is 2.99. The first kappa shape index (κ1) is 20.1. The second-order valence-corrected chi connectivity index (χ2v) is 6.62. The number of benzene rings is 1. The molecule has 0 aliphatic carbocycles. The molecule has 8 nitrogen and oxygen atoms in total.